The monoisotopic (exact) mass is 212 g/mol. The van der Waals surface area contributed by atoms with Crippen LogP contribution in [0.3, 0.4) is 0 Å². The summed E-state index contributed by atoms with van der Waals surface area (Å²) >= 11 is 0. The molecule has 0 saturated carbocycles. The van der Waals surface area contributed by atoms with E-state index in [0.29, 0.717) is 13.0 Å². The van der Waals surface area contributed by atoms with Gasteiger partial charge < -0.3 is 9.64 Å². The second kappa shape index (κ2) is 3.98. The van der Waals surface area contributed by atoms with Gasteiger partial charge in [-0.15, -0.1) is 0 Å². The van der Waals surface area contributed by atoms with Gasteiger partial charge in [0.2, 0.25) is 11.8 Å². The van der Waals surface area contributed by atoms with Crippen molar-refractivity contribution in [1.82, 2.24) is 10.2 Å². The summed E-state index contributed by atoms with van der Waals surface area (Å²) < 4.78 is 5.20. The minimum absolute atomic E-state index is 0.0512. The van der Waals surface area contributed by atoms with Crippen LogP contribution in [0, 0.1) is 0 Å². The molecule has 2 aliphatic rings. The van der Waals surface area contributed by atoms with Gasteiger partial charge in [0.05, 0.1) is 0 Å². The lowest BCUT2D eigenvalue weighted by atomic mass is 10.2. The summed E-state index contributed by atoms with van der Waals surface area (Å²) in [6, 6.07) is 0. The second-order valence-electron chi connectivity index (χ2n) is 3.67. The molecule has 6 nitrogen and oxygen atoms in total. The average Bonchev–Trinajstić information content (AvgIpc) is 2.67. The molecule has 0 aromatic heterocycles. The molecule has 0 aromatic rings. The Morgan fingerprint density at radius 1 is 1.33 bits per heavy atom. The van der Waals surface area contributed by atoms with Crippen molar-refractivity contribution in [3.8, 4) is 0 Å². The number of nitrogens with one attached hydrogen (secondary N) is 1. The minimum atomic E-state index is -0.469. The quantitative estimate of drug-likeness (QED) is 0.545. The van der Waals surface area contributed by atoms with E-state index in [4.69, 9.17) is 4.74 Å². The maximum atomic E-state index is 11.8. The van der Waals surface area contributed by atoms with Gasteiger partial charge in [-0.25, -0.2) is 0 Å². The summed E-state index contributed by atoms with van der Waals surface area (Å²) in [5, 5.41) is 2.14. The van der Waals surface area contributed by atoms with Gasteiger partial charge in [-0.3, -0.25) is 19.7 Å². The first kappa shape index (κ1) is 10.1. The molecule has 6 heteroatoms. The van der Waals surface area contributed by atoms with Crippen molar-refractivity contribution < 1.29 is 19.1 Å². The third-order valence-corrected chi connectivity index (χ3v) is 2.46. The lowest BCUT2D eigenvalue weighted by Crippen LogP contribution is -2.55. The van der Waals surface area contributed by atoms with Crippen LogP contribution >= 0.6 is 0 Å². The minimum Gasteiger partial charge on any atom is -0.368 e. The number of imide groups is 1. The Morgan fingerprint density at radius 3 is 2.53 bits per heavy atom. The van der Waals surface area contributed by atoms with E-state index in [9.17, 15) is 14.4 Å². The highest BCUT2D eigenvalue weighted by molar-refractivity contribution is 6.03. The number of carbonyl (C=O) groups excluding carboxylic acids is 3. The van der Waals surface area contributed by atoms with Crippen molar-refractivity contribution in [2.75, 3.05) is 19.7 Å². The molecule has 2 saturated heterocycles. The first-order chi connectivity index (χ1) is 7.16. The first-order valence-corrected chi connectivity index (χ1v) is 4.90. The van der Waals surface area contributed by atoms with Crippen LogP contribution in [-0.4, -0.2) is 48.4 Å². The summed E-state index contributed by atoms with van der Waals surface area (Å²) in [6.07, 6.45) is 1.05. The van der Waals surface area contributed by atoms with Gasteiger partial charge in [-0.2, -0.15) is 0 Å². The third-order valence-electron chi connectivity index (χ3n) is 2.46. The van der Waals surface area contributed by atoms with Crippen molar-refractivity contribution in [3.05, 3.63) is 0 Å². The van der Waals surface area contributed by atoms with E-state index in [1.54, 1.807) is 0 Å². The van der Waals surface area contributed by atoms with Gasteiger partial charge in [0.25, 0.3) is 5.91 Å². The van der Waals surface area contributed by atoms with Crippen LogP contribution in [0.25, 0.3) is 0 Å². The molecule has 0 radical (unpaired) electrons. The van der Waals surface area contributed by atoms with Gasteiger partial charge in [0.1, 0.15) is 19.2 Å². The number of ether oxygens (including phenoxy) is 1. The molecule has 1 N–H and O–H groups in total. The number of nitrogens with zero attached hydrogens (tertiary/aromatic N) is 1. The summed E-state index contributed by atoms with van der Waals surface area (Å²) in [4.78, 5) is 35.1. The molecule has 82 valence electrons. The number of hydrogen-bond acceptors (Lipinski definition) is 4. The zero-order valence-corrected chi connectivity index (χ0v) is 8.19. The normalized spacial score (nSPS) is 26.7. The lowest BCUT2D eigenvalue weighted by molar-refractivity contribution is -0.150. The lowest BCUT2D eigenvalue weighted by Gasteiger charge is -2.27. The predicted octanol–water partition coefficient (Wildman–Crippen LogP) is -1.35. The second-order valence-corrected chi connectivity index (χ2v) is 3.67. The van der Waals surface area contributed by atoms with E-state index >= 15 is 0 Å². The van der Waals surface area contributed by atoms with E-state index in [2.05, 4.69) is 5.32 Å². The molecule has 0 aromatic carbocycles. The molecule has 0 bridgehead atoms. The zero-order valence-electron chi connectivity index (χ0n) is 8.19. The van der Waals surface area contributed by atoms with Gasteiger partial charge in [-0.1, -0.05) is 0 Å². The van der Waals surface area contributed by atoms with Crippen molar-refractivity contribution in [2.24, 2.45) is 0 Å². The van der Waals surface area contributed by atoms with Gasteiger partial charge >= 0.3 is 0 Å². The van der Waals surface area contributed by atoms with E-state index < -0.39 is 17.9 Å². The number of piperazine rings is 1. The van der Waals surface area contributed by atoms with Gasteiger partial charge in [0, 0.05) is 6.61 Å². The molecule has 2 heterocycles. The zero-order chi connectivity index (χ0) is 10.8. The SMILES string of the molecule is O=C1CN(C(=O)[C@H]2CCCO2)CC(=O)N1. The summed E-state index contributed by atoms with van der Waals surface area (Å²) in [6.45, 7) is 0.471. The Hall–Kier alpha value is -1.43. The first-order valence-electron chi connectivity index (χ1n) is 4.90. The molecule has 15 heavy (non-hydrogen) atoms. The van der Waals surface area contributed by atoms with E-state index in [1.165, 1.54) is 4.90 Å². The summed E-state index contributed by atoms with van der Waals surface area (Å²) in [7, 11) is 0. The van der Waals surface area contributed by atoms with Crippen LogP contribution in [-0.2, 0) is 19.1 Å². The fraction of sp³-hybridized carbons (Fsp3) is 0.667. The Balaban J connectivity index is 1.99. The van der Waals surface area contributed by atoms with Crippen LogP contribution < -0.4 is 5.32 Å². The van der Waals surface area contributed by atoms with E-state index in [1.807, 2.05) is 0 Å². The molecule has 0 spiro atoms. The highest BCUT2D eigenvalue weighted by Crippen LogP contribution is 2.15. The Labute approximate surface area is 86.6 Å². The molecular weight excluding hydrogens is 200 g/mol. The molecular formula is C9H12N2O4. The van der Waals surface area contributed by atoms with Crippen molar-refractivity contribution in [1.29, 1.82) is 0 Å². The Kier molecular flexibility index (Phi) is 2.68. The summed E-state index contributed by atoms with van der Waals surface area (Å²) in [5.74, 6) is -1.12. The summed E-state index contributed by atoms with van der Waals surface area (Å²) in [5.41, 5.74) is 0. The van der Waals surface area contributed by atoms with Gasteiger partial charge in [-0.05, 0) is 12.8 Å². The molecule has 2 aliphatic heterocycles. The number of carbonyl (C=O) groups is 3. The molecule has 2 fully saturated rings. The van der Waals surface area contributed by atoms with E-state index in [0.717, 1.165) is 6.42 Å². The topological polar surface area (TPSA) is 75.7 Å². The molecule has 0 aliphatic carbocycles. The molecule has 1 atom stereocenters. The van der Waals surface area contributed by atoms with Gasteiger partial charge in [0.15, 0.2) is 0 Å². The largest absolute Gasteiger partial charge is 0.368 e. The smallest absolute Gasteiger partial charge is 0.252 e. The van der Waals surface area contributed by atoms with Crippen LogP contribution in [0.5, 0.6) is 0 Å². The Bertz CT molecular complexity index is 293. The molecule has 2 rings (SSSR count). The highest BCUT2D eigenvalue weighted by Gasteiger charge is 2.33. The maximum absolute atomic E-state index is 11.8. The molecule has 3 amide bonds. The van der Waals surface area contributed by atoms with Crippen molar-refractivity contribution in [3.63, 3.8) is 0 Å². The van der Waals surface area contributed by atoms with E-state index in [-0.39, 0.29) is 19.0 Å². The maximum Gasteiger partial charge on any atom is 0.252 e. The highest BCUT2D eigenvalue weighted by atomic mass is 16.5. The van der Waals surface area contributed by atoms with Crippen molar-refractivity contribution in [2.45, 2.75) is 18.9 Å². The predicted molar refractivity (Wildman–Crippen MR) is 48.7 cm³/mol. The number of amides is 3. The fourth-order valence-corrected chi connectivity index (χ4v) is 1.77. The van der Waals surface area contributed by atoms with Crippen LogP contribution in [0.2, 0.25) is 0 Å². The number of rotatable bonds is 1. The molecule has 0 unspecified atom stereocenters. The number of hydrogen-bond donors (Lipinski definition) is 1. The van der Waals surface area contributed by atoms with Crippen LogP contribution in [0.15, 0.2) is 0 Å². The van der Waals surface area contributed by atoms with Crippen molar-refractivity contribution >= 4 is 17.7 Å². The fourth-order valence-electron chi connectivity index (χ4n) is 1.77. The van der Waals surface area contributed by atoms with Crippen LogP contribution in [0.1, 0.15) is 12.8 Å². The van der Waals surface area contributed by atoms with Crippen LogP contribution in [0.4, 0.5) is 0 Å². The average molecular weight is 212 g/mol. The Morgan fingerprint density at radius 2 is 2.00 bits per heavy atom. The third kappa shape index (κ3) is 2.15. The standard InChI is InChI=1S/C9H12N2O4/c12-7-4-11(5-8(13)10-7)9(14)6-2-1-3-15-6/h6H,1-5H2,(H,10,12,13)/t6-/m1/s1.